The minimum absolute atomic E-state index is 0.0464. The second-order valence-electron chi connectivity index (χ2n) is 7.09. The third kappa shape index (κ3) is 4.55. The fourth-order valence-corrected chi connectivity index (χ4v) is 4.31. The summed E-state index contributed by atoms with van der Waals surface area (Å²) in [5, 5.41) is 11.4. The number of ether oxygens (including phenoxy) is 3. The smallest absolute Gasteiger partial charge is 0.295 e. The molecule has 9 heteroatoms. The van der Waals surface area contributed by atoms with E-state index in [-0.39, 0.29) is 39.2 Å². The van der Waals surface area contributed by atoms with Gasteiger partial charge >= 0.3 is 0 Å². The molecule has 0 spiro atoms. The van der Waals surface area contributed by atoms with E-state index in [2.05, 4.69) is 0 Å². The van der Waals surface area contributed by atoms with Gasteiger partial charge in [-0.25, -0.2) is 0 Å². The summed E-state index contributed by atoms with van der Waals surface area (Å²) in [6.07, 6.45) is 0.524. The van der Waals surface area contributed by atoms with Crippen molar-refractivity contribution in [2.75, 3.05) is 34.5 Å². The minimum Gasteiger partial charge on any atom is -0.507 e. The second kappa shape index (κ2) is 10.3. The molecule has 1 aliphatic rings. The van der Waals surface area contributed by atoms with Crippen LogP contribution in [0.2, 0.25) is 10.0 Å². The molecular formula is C23H23Cl2NO6. The molecule has 32 heavy (non-hydrogen) atoms. The zero-order valence-electron chi connectivity index (χ0n) is 17.9. The van der Waals surface area contributed by atoms with Crippen molar-refractivity contribution >= 4 is 40.7 Å². The Hall–Kier alpha value is -2.74. The lowest BCUT2D eigenvalue weighted by Gasteiger charge is -2.25. The number of halogens is 2. The van der Waals surface area contributed by atoms with Crippen LogP contribution in [0.25, 0.3) is 5.76 Å². The van der Waals surface area contributed by atoms with Crippen LogP contribution in [0.1, 0.15) is 23.6 Å². The third-order valence-electron chi connectivity index (χ3n) is 5.19. The third-order valence-corrected chi connectivity index (χ3v) is 5.76. The largest absolute Gasteiger partial charge is 0.507 e. The van der Waals surface area contributed by atoms with Gasteiger partial charge in [0.25, 0.3) is 11.7 Å². The van der Waals surface area contributed by atoms with Gasteiger partial charge in [-0.15, -0.1) is 0 Å². The summed E-state index contributed by atoms with van der Waals surface area (Å²) in [4.78, 5) is 27.3. The molecule has 3 rings (SSSR count). The van der Waals surface area contributed by atoms with Crippen LogP contribution in [-0.4, -0.2) is 56.2 Å². The second-order valence-corrected chi connectivity index (χ2v) is 7.90. The first-order valence-corrected chi connectivity index (χ1v) is 10.5. The molecule has 2 aromatic carbocycles. The van der Waals surface area contributed by atoms with E-state index in [1.165, 1.54) is 24.1 Å². The Bertz CT molecular complexity index is 1030. The summed E-state index contributed by atoms with van der Waals surface area (Å²) in [6.45, 7) is 0.693. The molecule has 1 heterocycles. The summed E-state index contributed by atoms with van der Waals surface area (Å²) in [5.41, 5.74) is 0.804. The predicted molar refractivity (Wildman–Crippen MR) is 122 cm³/mol. The first kappa shape index (κ1) is 23.9. The molecule has 2 aromatic rings. The van der Waals surface area contributed by atoms with E-state index in [1.54, 1.807) is 38.5 Å². The lowest BCUT2D eigenvalue weighted by Crippen LogP contribution is -2.31. The van der Waals surface area contributed by atoms with E-state index in [0.29, 0.717) is 24.3 Å². The molecule has 1 N–H and O–H groups in total. The molecule has 1 unspecified atom stereocenters. The highest BCUT2D eigenvalue weighted by Gasteiger charge is 2.45. The Morgan fingerprint density at radius 3 is 2.19 bits per heavy atom. The van der Waals surface area contributed by atoms with Gasteiger partial charge in [-0.2, -0.15) is 0 Å². The lowest BCUT2D eigenvalue weighted by molar-refractivity contribution is -0.140. The van der Waals surface area contributed by atoms with Crippen molar-refractivity contribution in [2.45, 2.75) is 12.5 Å². The number of Topliss-reactive ketones (excluding diaryl/α,β-unsaturated/α-hetero) is 1. The number of benzene rings is 2. The maximum absolute atomic E-state index is 13.0. The van der Waals surface area contributed by atoms with Crippen LogP contribution in [0, 0.1) is 0 Å². The summed E-state index contributed by atoms with van der Waals surface area (Å²) in [7, 11) is 4.52. The molecule has 1 amide bonds. The summed E-state index contributed by atoms with van der Waals surface area (Å²) in [6, 6.07) is 9.03. The molecule has 1 saturated heterocycles. The number of rotatable bonds is 8. The van der Waals surface area contributed by atoms with Gasteiger partial charge in [0.1, 0.15) is 11.5 Å². The highest BCUT2D eigenvalue weighted by molar-refractivity contribution is 6.46. The van der Waals surface area contributed by atoms with Gasteiger partial charge in [0.15, 0.2) is 5.75 Å². The molecule has 7 nitrogen and oxygen atoms in total. The molecule has 0 aliphatic carbocycles. The molecule has 0 radical (unpaired) electrons. The Morgan fingerprint density at radius 1 is 1.03 bits per heavy atom. The van der Waals surface area contributed by atoms with Crippen LogP contribution in [0.5, 0.6) is 11.5 Å². The Labute approximate surface area is 196 Å². The number of methoxy groups -OCH3 is 3. The molecular weight excluding hydrogens is 457 g/mol. The number of likely N-dealkylation sites (tertiary alicyclic amines) is 1. The van der Waals surface area contributed by atoms with E-state index < -0.39 is 17.7 Å². The molecule has 0 aromatic heterocycles. The van der Waals surface area contributed by atoms with Crippen molar-refractivity contribution in [3.63, 3.8) is 0 Å². The molecule has 1 aliphatic heterocycles. The van der Waals surface area contributed by atoms with Gasteiger partial charge in [-0.1, -0.05) is 35.3 Å². The van der Waals surface area contributed by atoms with E-state index >= 15 is 0 Å². The highest BCUT2D eigenvalue weighted by atomic mass is 35.5. The van der Waals surface area contributed by atoms with Gasteiger partial charge in [-0.3, -0.25) is 9.59 Å². The topological polar surface area (TPSA) is 85.3 Å². The Morgan fingerprint density at radius 2 is 1.66 bits per heavy atom. The summed E-state index contributed by atoms with van der Waals surface area (Å²) in [5.74, 6) is -0.988. The number of nitrogens with zero attached hydrogens (tertiary/aromatic N) is 1. The number of aliphatic hydroxyl groups is 1. The molecule has 1 fully saturated rings. The van der Waals surface area contributed by atoms with Crippen LogP contribution in [0.15, 0.2) is 42.0 Å². The van der Waals surface area contributed by atoms with Crippen molar-refractivity contribution in [3.05, 3.63) is 63.1 Å². The summed E-state index contributed by atoms with van der Waals surface area (Å²) >= 11 is 12.4. The molecule has 0 bridgehead atoms. The Balaban J connectivity index is 2.15. The van der Waals surface area contributed by atoms with Gasteiger partial charge in [-0.05, 0) is 36.2 Å². The van der Waals surface area contributed by atoms with E-state index in [4.69, 9.17) is 37.4 Å². The van der Waals surface area contributed by atoms with E-state index in [0.717, 1.165) is 0 Å². The number of hydrogen-bond acceptors (Lipinski definition) is 6. The zero-order valence-corrected chi connectivity index (χ0v) is 19.4. The first-order valence-electron chi connectivity index (χ1n) is 9.78. The maximum atomic E-state index is 13.0. The normalized spacial score (nSPS) is 17.7. The summed E-state index contributed by atoms with van der Waals surface area (Å²) < 4.78 is 15.4. The van der Waals surface area contributed by atoms with E-state index in [9.17, 15) is 14.7 Å². The van der Waals surface area contributed by atoms with Gasteiger partial charge in [0, 0.05) is 25.8 Å². The fraction of sp³-hybridized carbons (Fsp3) is 0.304. The number of ketones is 1. The van der Waals surface area contributed by atoms with Gasteiger partial charge in [0.2, 0.25) is 0 Å². The Kier molecular flexibility index (Phi) is 7.66. The van der Waals surface area contributed by atoms with Crippen LogP contribution in [-0.2, 0) is 14.3 Å². The molecule has 0 saturated carbocycles. The van der Waals surface area contributed by atoms with Crippen molar-refractivity contribution in [1.29, 1.82) is 0 Å². The van der Waals surface area contributed by atoms with Crippen molar-refractivity contribution in [2.24, 2.45) is 0 Å². The van der Waals surface area contributed by atoms with Gasteiger partial charge < -0.3 is 24.2 Å². The molecule has 1 atom stereocenters. The SMILES string of the molecule is COCCCN1C(=O)C(=O)/C(=C(/O)c2cc(Cl)c(OC)c(Cl)c2)C1c1ccc(OC)cc1. The average Bonchev–Trinajstić information content (AvgIpc) is 3.03. The number of amides is 1. The number of aliphatic hydroxyl groups excluding tert-OH is 1. The number of hydrogen-bond donors (Lipinski definition) is 1. The molecule has 170 valence electrons. The van der Waals surface area contributed by atoms with Crippen LogP contribution >= 0.6 is 23.2 Å². The maximum Gasteiger partial charge on any atom is 0.295 e. The predicted octanol–water partition coefficient (Wildman–Crippen LogP) is 4.47. The van der Waals surface area contributed by atoms with E-state index in [1.807, 2.05) is 0 Å². The quantitative estimate of drug-likeness (QED) is 0.260. The van der Waals surface area contributed by atoms with Crippen LogP contribution < -0.4 is 9.47 Å². The fourth-order valence-electron chi connectivity index (χ4n) is 3.67. The van der Waals surface area contributed by atoms with Gasteiger partial charge in [0.05, 0.1) is 35.9 Å². The highest BCUT2D eigenvalue weighted by Crippen LogP contribution is 2.42. The number of carbonyl (C=O) groups excluding carboxylic acids is 2. The number of carbonyl (C=O) groups is 2. The standard InChI is InChI=1S/C23H23Cl2NO6/c1-30-10-4-9-26-19(13-5-7-15(31-2)8-6-13)18(21(28)23(26)29)20(27)14-11-16(24)22(32-3)17(25)12-14/h5-8,11-12,19,27H,4,9-10H2,1-3H3/b20-18+. The average molecular weight is 480 g/mol. The lowest BCUT2D eigenvalue weighted by atomic mass is 9.95. The van der Waals surface area contributed by atoms with Crippen LogP contribution in [0.3, 0.4) is 0 Å². The monoisotopic (exact) mass is 479 g/mol. The van der Waals surface area contributed by atoms with Crippen LogP contribution in [0.4, 0.5) is 0 Å². The van der Waals surface area contributed by atoms with Crippen molar-refractivity contribution in [3.8, 4) is 11.5 Å². The van der Waals surface area contributed by atoms with Crippen molar-refractivity contribution < 1.29 is 28.9 Å². The minimum atomic E-state index is -0.794. The van der Waals surface area contributed by atoms with Crippen molar-refractivity contribution in [1.82, 2.24) is 4.90 Å². The first-order chi connectivity index (χ1) is 15.3. The zero-order chi connectivity index (χ0) is 23.4.